The summed E-state index contributed by atoms with van der Waals surface area (Å²) in [4.78, 5) is 0. The summed E-state index contributed by atoms with van der Waals surface area (Å²) in [6.07, 6.45) is -4.46. The third-order valence-corrected chi connectivity index (χ3v) is 5.57. The highest BCUT2D eigenvalue weighted by molar-refractivity contribution is 5.56. The van der Waals surface area contributed by atoms with E-state index in [2.05, 4.69) is 5.32 Å². The molecule has 28 heavy (non-hydrogen) atoms. The van der Waals surface area contributed by atoms with Crippen molar-refractivity contribution >= 4 is 0 Å². The van der Waals surface area contributed by atoms with E-state index in [1.807, 2.05) is 60.7 Å². The highest BCUT2D eigenvalue weighted by Crippen LogP contribution is 2.49. The molecule has 1 saturated heterocycles. The van der Waals surface area contributed by atoms with Crippen molar-refractivity contribution in [1.29, 1.82) is 0 Å². The Balaban J connectivity index is 2.07. The van der Waals surface area contributed by atoms with Gasteiger partial charge in [-0.15, -0.1) is 0 Å². The van der Waals surface area contributed by atoms with Crippen LogP contribution in [0, 0.1) is 0 Å². The van der Waals surface area contributed by atoms with E-state index >= 15 is 0 Å². The molecule has 1 aliphatic rings. The Hall–Kier alpha value is -2.63. The molecule has 0 amide bonds. The second-order valence-electron chi connectivity index (χ2n) is 7.20. The van der Waals surface area contributed by atoms with Crippen molar-refractivity contribution in [2.45, 2.75) is 17.2 Å². The summed E-state index contributed by atoms with van der Waals surface area (Å²) in [5, 5.41) is 14.7. The Bertz CT molecular complexity index is 911. The topological polar surface area (TPSA) is 32.3 Å². The quantitative estimate of drug-likeness (QED) is 0.656. The Kier molecular flexibility index (Phi) is 4.52. The van der Waals surface area contributed by atoms with E-state index < -0.39 is 22.8 Å². The molecule has 0 spiro atoms. The lowest BCUT2D eigenvalue weighted by molar-refractivity contribution is -0.137. The van der Waals surface area contributed by atoms with Gasteiger partial charge in [0.05, 0.1) is 11.0 Å². The first-order chi connectivity index (χ1) is 13.4. The largest absolute Gasteiger partial charge is 0.416 e. The zero-order chi connectivity index (χ0) is 19.8. The zero-order valence-electron chi connectivity index (χ0n) is 15.1. The van der Waals surface area contributed by atoms with E-state index in [0.29, 0.717) is 5.56 Å². The second-order valence-corrected chi connectivity index (χ2v) is 7.20. The summed E-state index contributed by atoms with van der Waals surface area (Å²) < 4.78 is 40.4. The van der Waals surface area contributed by atoms with Gasteiger partial charge in [-0.2, -0.15) is 13.2 Å². The zero-order valence-corrected chi connectivity index (χ0v) is 15.1. The molecular formula is C23H20F3NO. The van der Waals surface area contributed by atoms with Crippen LogP contribution < -0.4 is 5.32 Å². The van der Waals surface area contributed by atoms with Gasteiger partial charge in [-0.25, -0.2) is 0 Å². The summed E-state index contributed by atoms with van der Waals surface area (Å²) in [5.41, 5.74) is -1.20. The van der Waals surface area contributed by atoms with Crippen LogP contribution in [-0.2, 0) is 11.6 Å². The SMILES string of the molecule is OC1(C(c2ccccc2)(c2ccccc2)c2cccc(C(F)(F)F)c2)CNC1. The third kappa shape index (κ3) is 2.82. The lowest BCUT2D eigenvalue weighted by atomic mass is 9.57. The van der Waals surface area contributed by atoms with E-state index in [-0.39, 0.29) is 13.1 Å². The summed E-state index contributed by atoms with van der Waals surface area (Å²) in [6, 6.07) is 23.9. The molecule has 0 saturated carbocycles. The van der Waals surface area contributed by atoms with Gasteiger partial charge in [0.1, 0.15) is 5.60 Å². The fourth-order valence-corrected chi connectivity index (χ4v) is 4.24. The van der Waals surface area contributed by atoms with E-state index in [0.717, 1.165) is 23.3 Å². The van der Waals surface area contributed by atoms with Gasteiger partial charge in [0.25, 0.3) is 0 Å². The predicted octanol–water partition coefficient (Wildman–Crippen LogP) is 4.37. The Morgan fingerprint density at radius 1 is 0.679 bits per heavy atom. The fourth-order valence-electron chi connectivity index (χ4n) is 4.24. The van der Waals surface area contributed by atoms with Crippen LogP contribution in [0.3, 0.4) is 0 Å². The minimum Gasteiger partial charge on any atom is -0.386 e. The second kappa shape index (κ2) is 6.76. The molecule has 0 unspecified atom stereocenters. The molecule has 4 rings (SSSR count). The van der Waals surface area contributed by atoms with Gasteiger partial charge in [-0.3, -0.25) is 0 Å². The number of aliphatic hydroxyl groups is 1. The maximum Gasteiger partial charge on any atom is 0.416 e. The van der Waals surface area contributed by atoms with Crippen molar-refractivity contribution in [2.75, 3.05) is 13.1 Å². The molecular weight excluding hydrogens is 363 g/mol. The minimum atomic E-state index is -4.46. The number of rotatable bonds is 4. The van der Waals surface area contributed by atoms with Gasteiger partial charge in [0, 0.05) is 13.1 Å². The number of hydrogen-bond donors (Lipinski definition) is 2. The average molecular weight is 383 g/mol. The highest BCUT2D eigenvalue weighted by atomic mass is 19.4. The highest BCUT2D eigenvalue weighted by Gasteiger charge is 2.57. The monoisotopic (exact) mass is 383 g/mol. The van der Waals surface area contributed by atoms with Gasteiger partial charge >= 0.3 is 6.18 Å². The number of alkyl halides is 3. The molecule has 1 heterocycles. The normalized spacial score (nSPS) is 16.4. The van der Waals surface area contributed by atoms with Crippen LogP contribution in [0.4, 0.5) is 13.2 Å². The van der Waals surface area contributed by atoms with Crippen LogP contribution in [0.1, 0.15) is 22.3 Å². The Morgan fingerprint density at radius 2 is 1.14 bits per heavy atom. The van der Waals surface area contributed by atoms with E-state index in [4.69, 9.17) is 0 Å². The maximum absolute atomic E-state index is 13.5. The predicted molar refractivity (Wildman–Crippen MR) is 102 cm³/mol. The molecule has 144 valence electrons. The molecule has 5 heteroatoms. The van der Waals surface area contributed by atoms with Crippen LogP contribution in [0.25, 0.3) is 0 Å². The number of nitrogens with one attached hydrogen (secondary N) is 1. The molecule has 0 aromatic heterocycles. The average Bonchev–Trinajstić information content (AvgIpc) is 2.68. The first-order valence-corrected chi connectivity index (χ1v) is 9.10. The molecule has 0 bridgehead atoms. The molecule has 1 fully saturated rings. The van der Waals surface area contributed by atoms with Gasteiger partial charge in [-0.1, -0.05) is 78.9 Å². The van der Waals surface area contributed by atoms with Crippen LogP contribution in [0.15, 0.2) is 84.9 Å². The fraction of sp³-hybridized carbons (Fsp3) is 0.217. The summed E-state index contributed by atoms with van der Waals surface area (Å²) in [5.74, 6) is 0. The van der Waals surface area contributed by atoms with Gasteiger partial charge in [-0.05, 0) is 22.8 Å². The summed E-state index contributed by atoms with van der Waals surface area (Å²) >= 11 is 0. The lowest BCUT2D eigenvalue weighted by Crippen LogP contribution is -2.71. The van der Waals surface area contributed by atoms with E-state index in [9.17, 15) is 18.3 Å². The van der Waals surface area contributed by atoms with Gasteiger partial charge in [0.15, 0.2) is 0 Å². The molecule has 2 nitrogen and oxygen atoms in total. The van der Waals surface area contributed by atoms with Crippen LogP contribution >= 0.6 is 0 Å². The molecule has 0 aliphatic carbocycles. The lowest BCUT2D eigenvalue weighted by Gasteiger charge is -2.54. The van der Waals surface area contributed by atoms with Crippen molar-refractivity contribution in [1.82, 2.24) is 5.32 Å². The van der Waals surface area contributed by atoms with Crippen molar-refractivity contribution < 1.29 is 18.3 Å². The maximum atomic E-state index is 13.5. The van der Waals surface area contributed by atoms with E-state index in [1.165, 1.54) is 6.07 Å². The van der Waals surface area contributed by atoms with Crippen molar-refractivity contribution in [3.63, 3.8) is 0 Å². The standard InChI is InChI=1S/C23H20F3NO/c24-23(25,26)20-13-7-12-19(14-20)22(21(28)15-27-16-21,17-8-3-1-4-9-17)18-10-5-2-6-11-18/h1-14,27-28H,15-16H2. The number of benzene rings is 3. The first-order valence-electron chi connectivity index (χ1n) is 9.10. The first kappa shape index (κ1) is 18.7. The van der Waals surface area contributed by atoms with Crippen molar-refractivity contribution in [2.24, 2.45) is 0 Å². The number of β-amino-alcohol motifs (C(OH)–C–C–N with tert-alkyl or cyclic N) is 1. The number of hydrogen-bond acceptors (Lipinski definition) is 2. The van der Waals surface area contributed by atoms with Gasteiger partial charge < -0.3 is 10.4 Å². The van der Waals surface area contributed by atoms with Crippen molar-refractivity contribution in [3.8, 4) is 0 Å². The molecule has 3 aromatic rings. The molecule has 3 aromatic carbocycles. The van der Waals surface area contributed by atoms with Crippen molar-refractivity contribution in [3.05, 3.63) is 107 Å². The Labute approximate surface area is 161 Å². The number of halogens is 3. The summed E-state index contributed by atoms with van der Waals surface area (Å²) in [6.45, 7) is 0.570. The minimum absolute atomic E-state index is 0.285. The van der Waals surface area contributed by atoms with E-state index in [1.54, 1.807) is 6.07 Å². The molecule has 2 N–H and O–H groups in total. The van der Waals surface area contributed by atoms with Crippen LogP contribution in [-0.4, -0.2) is 23.8 Å². The molecule has 0 atom stereocenters. The van der Waals surface area contributed by atoms with Gasteiger partial charge in [0.2, 0.25) is 0 Å². The molecule has 0 radical (unpaired) electrons. The summed E-state index contributed by atoms with van der Waals surface area (Å²) in [7, 11) is 0. The Morgan fingerprint density at radius 3 is 1.57 bits per heavy atom. The molecule has 1 aliphatic heterocycles. The van der Waals surface area contributed by atoms with Crippen LogP contribution in [0.5, 0.6) is 0 Å². The third-order valence-electron chi connectivity index (χ3n) is 5.57. The smallest absolute Gasteiger partial charge is 0.386 e. The van der Waals surface area contributed by atoms with Crippen LogP contribution in [0.2, 0.25) is 0 Å².